The van der Waals surface area contributed by atoms with Crippen molar-refractivity contribution in [1.82, 2.24) is 20.9 Å². The molecule has 42 heavy (non-hydrogen) atoms. The summed E-state index contributed by atoms with van der Waals surface area (Å²) >= 11 is 0. The Kier molecular flexibility index (Phi) is 12.2. The second-order valence-electron chi connectivity index (χ2n) is 9.97. The third-order valence-electron chi connectivity index (χ3n) is 6.54. The molecule has 0 aromatic heterocycles. The van der Waals surface area contributed by atoms with Crippen LogP contribution in [0.1, 0.15) is 44.6 Å². The molecular weight excluding hydrogens is 556 g/mol. The van der Waals surface area contributed by atoms with Gasteiger partial charge in [-0.05, 0) is 43.9 Å². The maximum absolute atomic E-state index is 13.5. The molecule has 0 bridgehead atoms. The van der Waals surface area contributed by atoms with E-state index in [0.29, 0.717) is 24.9 Å². The quantitative estimate of drug-likeness (QED) is 0.106. The molecule has 230 valence electrons. The van der Waals surface area contributed by atoms with E-state index in [1.807, 2.05) is 0 Å². The van der Waals surface area contributed by atoms with E-state index in [0.717, 1.165) is 0 Å². The van der Waals surface area contributed by atoms with Gasteiger partial charge in [0.2, 0.25) is 29.5 Å². The molecule has 16 nitrogen and oxygen atoms in total. The summed E-state index contributed by atoms with van der Waals surface area (Å²) in [5.41, 5.74) is 11.2. The predicted molar refractivity (Wildman–Crippen MR) is 144 cm³/mol. The van der Waals surface area contributed by atoms with Crippen LogP contribution in [-0.4, -0.2) is 98.4 Å². The number of likely N-dealkylation sites (tertiary alicyclic amines) is 1. The van der Waals surface area contributed by atoms with Gasteiger partial charge in [0.25, 0.3) is 0 Å². The summed E-state index contributed by atoms with van der Waals surface area (Å²) in [6.07, 6.45) is -1.07. The highest BCUT2D eigenvalue weighted by molar-refractivity contribution is 5.96. The van der Waals surface area contributed by atoms with Gasteiger partial charge in [-0.2, -0.15) is 0 Å². The topological polar surface area (TPSA) is 272 Å². The average Bonchev–Trinajstić information content (AvgIpc) is 3.40. The van der Waals surface area contributed by atoms with Crippen LogP contribution in [0.2, 0.25) is 0 Å². The fraction of sp³-hybridized carbons (Fsp3) is 0.500. The molecule has 5 amide bonds. The van der Waals surface area contributed by atoms with Crippen LogP contribution in [0.4, 0.5) is 0 Å². The number of nitrogens with one attached hydrogen (secondary N) is 3. The van der Waals surface area contributed by atoms with Gasteiger partial charge in [0.15, 0.2) is 0 Å². The van der Waals surface area contributed by atoms with Crippen LogP contribution < -0.4 is 27.4 Å². The molecule has 10 N–H and O–H groups in total. The van der Waals surface area contributed by atoms with Crippen LogP contribution in [-0.2, 0) is 40.0 Å². The standard InChI is InChI=1S/C26H36N6O10/c1-13(27)25(40)32-10-2-3-19(32)24(39)30-17(11-14-4-6-15(33)7-5-14)23(38)29-16(8-9-21(35)36)22(37)31-18(26(41)42)12-20(28)34/h4-7,13,16-19,33H,2-3,8-12,27H2,1H3,(H2,28,34)(H,29,38)(H,30,39)(H,31,37)(H,35,36)(H,41,42). The number of rotatable bonds is 15. The van der Waals surface area contributed by atoms with Crippen molar-refractivity contribution >= 4 is 41.5 Å². The Labute approximate surface area is 240 Å². The Bertz CT molecular complexity index is 1190. The van der Waals surface area contributed by atoms with E-state index >= 15 is 0 Å². The number of hydrogen-bond donors (Lipinski definition) is 8. The van der Waals surface area contributed by atoms with Crippen molar-refractivity contribution in [2.45, 2.75) is 75.7 Å². The maximum atomic E-state index is 13.5. The van der Waals surface area contributed by atoms with Gasteiger partial charge < -0.3 is 47.6 Å². The van der Waals surface area contributed by atoms with Crippen LogP contribution in [0.5, 0.6) is 5.75 Å². The second-order valence-corrected chi connectivity index (χ2v) is 9.97. The first kappa shape index (κ1) is 33.5. The van der Waals surface area contributed by atoms with E-state index in [1.165, 1.54) is 36.1 Å². The number of benzene rings is 1. The highest BCUT2D eigenvalue weighted by Crippen LogP contribution is 2.19. The predicted octanol–water partition coefficient (Wildman–Crippen LogP) is -2.45. The Morgan fingerprint density at radius 3 is 2.10 bits per heavy atom. The summed E-state index contributed by atoms with van der Waals surface area (Å²) in [6.45, 7) is 1.78. The number of nitrogens with zero attached hydrogens (tertiary/aromatic N) is 1. The summed E-state index contributed by atoms with van der Waals surface area (Å²) in [6, 6.07) is -0.677. The van der Waals surface area contributed by atoms with Gasteiger partial charge in [0.05, 0.1) is 12.5 Å². The van der Waals surface area contributed by atoms with Gasteiger partial charge in [-0.25, -0.2) is 4.79 Å². The summed E-state index contributed by atoms with van der Waals surface area (Å²) in [7, 11) is 0. The van der Waals surface area contributed by atoms with Gasteiger partial charge in [-0.15, -0.1) is 0 Å². The highest BCUT2D eigenvalue weighted by Gasteiger charge is 2.37. The molecule has 1 aliphatic rings. The van der Waals surface area contributed by atoms with Crippen molar-refractivity contribution in [3.8, 4) is 5.75 Å². The average molecular weight is 593 g/mol. The zero-order chi connectivity index (χ0) is 31.6. The monoisotopic (exact) mass is 592 g/mol. The molecule has 2 rings (SSSR count). The summed E-state index contributed by atoms with van der Waals surface area (Å²) in [4.78, 5) is 87.4. The largest absolute Gasteiger partial charge is 0.508 e. The normalized spacial score (nSPS) is 17.3. The Morgan fingerprint density at radius 2 is 1.55 bits per heavy atom. The van der Waals surface area contributed by atoms with Crippen LogP contribution in [0.15, 0.2) is 24.3 Å². The SMILES string of the molecule is CC(N)C(=O)N1CCCC1C(=O)NC(Cc1ccc(O)cc1)C(=O)NC(CCC(=O)O)C(=O)NC(CC(N)=O)C(=O)O. The van der Waals surface area contributed by atoms with Crippen molar-refractivity contribution in [3.63, 3.8) is 0 Å². The first-order valence-corrected chi connectivity index (χ1v) is 13.2. The number of aliphatic carboxylic acids is 2. The molecule has 0 saturated carbocycles. The molecule has 1 fully saturated rings. The van der Waals surface area contributed by atoms with Crippen molar-refractivity contribution in [2.24, 2.45) is 11.5 Å². The number of carboxylic acid groups (broad SMARTS) is 2. The van der Waals surface area contributed by atoms with E-state index in [4.69, 9.17) is 16.6 Å². The molecule has 0 spiro atoms. The molecule has 5 atom stereocenters. The fourth-order valence-corrected chi connectivity index (χ4v) is 4.39. The lowest BCUT2D eigenvalue weighted by Gasteiger charge is -2.28. The molecule has 1 aliphatic heterocycles. The fourth-order valence-electron chi connectivity index (χ4n) is 4.39. The molecule has 16 heteroatoms. The van der Waals surface area contributed by atoms with Gasteiger partial charge in [0, 0.05) is 19.4 Å². The first-order valence-electron chi connectivity index (χ1n) is 13.2. The molecule has 1 saturated heterocycles. The molecule has 0 radical (unpaired) electrons. The third kappa shape index (κ3) is 10.0. The van der Waals surface area contributed by atoms with Gasteiger partial charge in [-0.1, -0.05) is 12.1 Å². The molecular formula is C26H36N6O10. The van der Waals surface area contributed by atoms with E-state index in [9.17, 15) is 43.8 Å². The molecule has 1 heterocycles. The van der Waals surface area contributed by atoms with E-state index in [2.05, 4.69) is 16.0 Å². The summed E-state index contributed by atoms with van der Waals surface area (Å²) in [5.74, 6) is -7.04. The van der Waals surface area contributed by atoms with Crippen molar-refractivity contribution in [1.29, 1.82) is 0 Å². The van der Waals surface area contributed by atoms with Crippen molar-refractivity contribution in [3.05, 3.63) is 29.8 Å². The Hall–Kier alpha value is -4.73. The van der Waals surface area contributed by atoms with Crippen LogP contribution in [0.3, 0.4) is 0 Å². The number of phenolic OH excluding ortho intramolecular Hbond substituents is 1. The van der Waals surface area contributed by atoms with E-state index < -0.39 is 90.9 Å². The third-order valence-corrected chi connectivity index (χ3v) is 6.54. The lowest BCUT2D eigenvalue weighted by Crippen LogP contribution is -2.58. The number of hydrogen-bond acceptors (Lipinski definition) is 9. The zero-order valence-electron chi connectivity index (χ0n) is 22.9. The van der Waals surface area contributed by atoms with Crippen LogP contribution in [0, 0.1) is 0 Å². The smallest absolute Gasteiger partial charge is 0.326 e. The number of carboxylic acids is 2. The van der Waals surface area contributed by atoms with Crippen molar-refractivity contribution < 1.29 is 48.9 Å². The van der Waals surface area contributed by atoms with Gasteiger partial charge in [0.1, 0.15) is 29.9 Å². The van der Waals surface area contributed by atoms with Gasteiger partial charge >= 0.3 is 11.9 Å². The summed E-state index contributed by atoms with van der Waals surface area (Å²) < 4.78 is 0. The van der Waals surface area contributed by atoms with Crippen LogP contribution >= 0.6 is 0 Å². The number of primary amides is 1. The first-order chi connectivity index (χ1) is 19.7. The number of aromatic hydroxyl groups is 1. The molecule has 1 aromatic rings. The lowest BCUT2D eigenvalue weighted by molar-refractivity contribution is -0.144. The summed E-state index contributed by atoms with van der Waals surface area (Å²) in [5, 5.41) is 35.1. The minimum Gasteiger partial charge on any atom is -0.508 e. The Balaban J connectivity index is 2.31. The second kappa shape index (κ2) is 15.3. The molecule has 5 unspecified atom stereocenters. The van der Waals surface area contributed by atoms with Crippen LogP contribution in [0.25, 0.3) is 0 Å². The zero-order valence-corrected chi connectivity index (χ0v) is 22.9. The lowest BCUT2D eigenvalue weighted by atomic mass is 10.0. The van der Waals surface area contributed by atoms with E-state index in [-0.39, 0.29) is 12.2 Å². The number of nitrogens with two attached hydrogens (primary N) is 2. The number of carbonyl (C=O) groups excluding carboxylic acids is 5. The number of phenols is 1. The van der Waals surface area contributed by atoms with Crippen molar-refractivity contribution in [2.75, 3.05) is 6.54 Å². The molecule has 1 aromatic carbocycles. The number of amides is 5. The molecule has 0 aliphatic carbocycles. The minimum atomic E-state index is -1.73. The van der Waals surface area contributed by atoms with Gasteiger partial charge in [-0.3, -0.25) is 28.8 Å². The minimum absolute atomic E-state index is 0.0471. The highest BCUT2D eigenvalue weighted by atomic mass is 16.4. The van der Waals surface area contributed by atoms with E-state index in [1.54, 1.807) is 0 Å². The Morgan fingerprint density at radius 1 is 0.952 bits per heavy atom. The maximum Gasteiger partial charge on any atom is 0.326 e. The number of carbonyl (C=O) groups is 7.